The first-order chi connectivity index (χ1) is 9.16. The van der Waals surface area contributed by atoms with Crippen LogP contribution in [0.2, 0.25) is 0 Å². The molecule has 6 nitrogen and oxygen atoms in total. The maximum absolute atomic E-state index is 11.4. The zero-order chi connectivity index (χ0) is 15.6. The number of hydrogen-bond donors (Lipinski definition) is 3. The minimum absolute atomic E-state index is 0. The predicted molar refractivity (Wildman–Crippen MR) is 106 cm³/mol. The molecular formula is C11H9I3N2NaO4. The first-order valence-electron chi connectivity index (χ1n) is 5.15. The molecule has 0 aliphatic rings. The van der Waals surface area contributed by atoms with E-state index in [1.54, 1.807) is 0 Å². The van der Waals surface area contributed by atoms with Crippen molar-refractivity contribution in [1.29, 1.82) is 0 Å². The molecule has 1 radical (unpaired) electrons. The van der Waals surface area contributed by atoms with E-state index in [1.165, 1.54) is 13.8 Å². The Kier molecular flexibility index (Phi) is 9.56. The van der Waals surface area contributed by atoms with Crippen LogP contribution in [0.15, 0.2) is 0 Å². The van der Waals surface area contributed by atoms with Crippen molar-refractivity contribution >= 4 is 126 Å². The van der Waals surface area contributed by atoms with E-state index in [0.29, 0.717) is 22.1 Å². The van der Waals surface area contributed by atoms with Gasteiger partial charge in [0.25, 0.3) is 0 Å². The summed E-state index contributed by atoms with van der Waals surface area (Å²) >= 11 is 5.71. The molecule has 0 spiro atoms. The number of rotatable bonds is 3. The second kappa shape index (κ2) is 9.20. The van der Waals surface area contributed by atoms with Crippen LogP contribution in [0, 0.1) is 10.7 Å². The van der Waals surface area contributed by atoms with E-state index in [0.717, 1.165) is 0 Å². The van der Waals surface area contributed by atoms with Gasteiger partial charge in [0.05, 0.1) is 27.6 Å². The van der Waals surface area contributed by atoms with Crippen LogP contribution < -0.4 is 10.6 Å². The molecule has 0 saturated heterocycles. The number of anilines is 2. The molecule has 0 aliphatic heterocycles. The summed E-state index contributed by atoms with van der Waals surface area (Å²) in [6.07, 6.45) is 0. The standard InChI is InChI=1S/C11H9I3N2O4.Na/c1-3(17)15-9-6(12)5(11(19)20)7(13)10(8(9)14)16-4(2)18;/h1-2H3,(H,15,17)(H,16,18)(H,19,20);. The molecule has 3 N–H and O–H groups in total. The molecule has 1 aromatic rings. The summed E-state index contributed by atoms with van der Waals surface area (Å²) in [5.74, 6) is -1.74. The maximum Gasteiger partial charge on any atom is 0.338 e. The number of carboxylic acid groups (broad SMARTS) is 1. The fraction of sp³-hybridized carbons (Fsp3) is 0.182. The second-order valence-electron chi connectivity index (χ2n) is 3.73. The number of carbonyl (C=O) groups excluding carboxylic acids is 2. The van der Waals surface area contributed by atoms with Crippen molar-refractivity contribution in [2.24, 2.45) is 0 Å². The molecular weight excluding hydrogens is 628 g/mol. The molecule has 1 rings (SSSR count). The number of nitrogens with one attached hydrogen (secondary N) is 2. The van der Waals surface area contributed by atoms with Gasteiger partial charge in [0, 0.05) is 43.4 Å². The Morgan fingerprint density at radius 3 is 1.43 bits per heavy atom. The molecule has 0 saturated carbocycles. The van der Waals surface area contributed by atoms with Gasteiger partial charge in [-0.1, -0.05) is 0 Å². The summed E-state index contributed by atoms with van der Waals surface area (Å²) in [6.45, 7) is 2.67. The predicted octanol–water partition coefficient (Wildman–Crippen LogP) is 2.73. The monoisotopic (exact) mass is 637 g/mol. The van der Waals surface area contributed by atoms with Gasteiger partial charge in [0.15, 0.2) is 0 Å². The molecule has 1 aromatic carbocycles. The van der Waals surface area contributed by atoms with Gasteiger partial charge in [-0.05, 0) is 67.8 Å². The third-order valence-electron chi connectivity index (χ3n) is 2.13. The van der Waals surface area contributed by atoms with Crippen molar-refractivity contribution in [2.45, 2.75) is 13.8 Å². The second-order valence-corrected chi connectivity index (χ2v) is 6.97. The van der Waals surface area contributed by atoms with Crippen molar-refractivity contribution in [3.05, 3.63) is 16.3 Å². The summed E-state index contributed by atoms with van der Waals surface area (Å²) in [4.78, 5) is 33.9. The van der Waals surface area contributed by atoms with E-state index in [-0.39, 0.29) is 46.9 Å². The summed E-state index contributed by atoms with van der Waals surface area (Å²) in [5, 5.41) is 14.5. The van der Waals surface area contributed by atoms with Crippen LogP contribution in [-0.2, 0) is 9.59 Å². The zero-order valence-electron chi connectivity index (χ0n) is 11.3. The van der Waals surface area contributed by atoms with E-state index >= 15 is 0 Å². The molecule has 0 fully saturated rings. The van der Waals surface area contributed by atoms with Gasteiger partial charge in [-0.15, -0.1) is 0 Å². The first-order valence-corrected chi connectivity index (χ1v) is 8.39. The maximum atomic E-state index is 11.4. The quantitative estimate of drug-likeness (QED) is 0.352. The third-order valence-corrected chi connectivity index (χ3v) is 5.37. The summed E-state index contributed by atoms with van der Waals surface area (Å²) in [5.41, 5.74) is 0.833. The molecule has 0 aromatic heterocycles. The summed E-state index contributed by atoms with van der Waals surface area (Å²) in [7, 11) is 0. The molecule has 0 aliphatic carbocycles. The average molecular weight is 637 g/mol. The van der Waals surface area contributed by atoms with Crippen LogP contribution in [0.3, 0.4) is 0 Å². The topological polar surface area (TPSA) is 95.5 Å². The van der Waals surface area contributed by atoms with Crippen LogP contribution in [0.1, 0.15) is 24.2 Å². The molecule has 109 valence electrons. The Morgan fingerprint density at radius 2 is 1.19 bits per heavy atom. The Morgan fingerprint density at radius 1 is 0.857 bits per heavy atom. The Bertz CT molecular complexity index is 579. The smallest absolute Gasteiger partial charge is 0.338 e. The van der Waals surface area contributed by atoms with Crippen molar-refractivity contribution < 1.29 is 19.5 Å². The SMILES string of the molecule is CC(=O)Nc1c(I)c(NC(C)=O)c(I)c(C(=O)O)c1I.[Na]. The number of carbonyl (C=O) groups is 3. The van der Waals surface area contributed by atoms with E-state index < -0.39 is 5.97 Å². The van der Waals surface area contributed by atoms with Gasteiger partial charge in [0.1, 0.15) is 0 Å². The number of amides is 2. The molecule has 10 heteroatoms. The zero-order valence-corrected chi connectivity index (χ0v) is 19.8. The Balaban J connectivity index is 0.00000400. The van der Waals surface area contributed by atoms with Gasteiger partial charge < -0.3 is 15.7 Å². The summed E-state index contributed by atoms with van der Waals surface area (Å²) in [6, 6.07) is 0. The number of carboxylic acids is 1. The summed E-state index contributed by atoms with van der Waals surface area (Å²) < 4.78 is 1.44. The van der Waals surface area contributed by atoms with Crippen molar-refractivity contribution in [1.82, 2.24) is 0 Å². The van der Waals surface area contributed by atoms with E-state index in [2.05, 4.69) is 10.6 Å². The normalized spacial score (nSPS) is 9.57. The van der Waals surface area contributed by atoms with Crippen LogP contribution in [0.25, 0.3) is 0 Å². The number of hydrogen-bond acceptors (Lipinski definition) is 3. The molecule has 0 bridgehead atoms. The van der Waals surface area contributed by atoms with Crippen LogP contribution >= 0.6 is 67.8 Å². The number of halogens is 3. The van der Waals surface area contributed by atoms with Crippen LogP contribution in [-0.4, -0.2) is 52.4 Å². The minimum Gasteiger partial charge on any atom is -0.478 e. The van der Waals surface area contributed by atoms with E-state index in [9.17, 15) is 19.5 Å². The fourth-order valence-corrected chi connectivity index (χ4v) is 5.59. The molecule has 0 unspecified atom stereocenters. The average Bonchev–Trinajstić information content (AvgIpc) is 2.29. The van der Waals surface area contributed by atoms with Crippen LogP contribution in [0.4, 0.5) is 11.4 Å². The molecule has 0 heterocycles. The fourth-order valence-electron chi connectivity index (χ4n) is 1.42. The third kappa shape index (κ3) is 5.44. The van der Waals surface area contributed by atoms with Gasteiger partial charge in [-0.2, -0.15) is 0 Å². The van der Waals surface area contributed by atoms with E-state index in [1.807, 2.05) is 67.8 Å². The minimum atomic E-state index is -1.12. The Labute approximate surface area is 184 Å². The van der Waals surface area contributed by atoms with Gasteiger partial charge in [-0.3, -0.25) is 9.59 Å². The van der Waals surface area contributed by atoms with Crippen molar-refractivity contribution in [3.8, 4) is 0 Å². The van der Waals surface area contributed by atoms with Crippen molar-refractivity contribution in [3.63, 3.8) is 0 Å². The van der Waals surface area contributed by atoms with Gasteiger partial charge in [-0.25, -0.2) is 4.79 Å². The van der Waals surface area contributed by atoms with Crippen molar-refractivity contribution in [2.75, 3.05) is 10.6 Å². The van der Waals surface area contributed by atoms with Gasteiger partial charge >= 0.3 is 5.97 Å². The molecule has 0 atom stereocenters. The Hall–Kier alpha value is 0.820. The number of benzene rings is 1. The van der Waals surface area contributed by atoms with E-state index in [4.69, 9.17) is 0 Å². The van der Waals surface area contributed by atoms with Crippen LogP contribution in [0.5, 0.6) is 0 Å². The largest absolute Gasteiger partial charge is 0.478 e. The molecule has 21 heavy (non-hydrogen) atoms. The first kappa shape index (κ1) is 21.8. The number of aromatic carboxylic acids is 1. The molecule has 2 amide bonds. The van der Waals surface area contributed by atoms with Gasteiger partial charge in [0.2, 0.25) is 11.8 Å².